The summed E-state index contributed by atoms with van der Waals surface area (Å²) < 4.78 is 5.24. The van der Waals surface area contributed by atoms with Gasteiger partial charge in [0.05, 0.1) is 13.5 Å². The molecular weight excluding hydrogens is 450 g/mol. The molecule has 0 saturated carbocycles. The first-order valence-electron chi connectivity index (χ1n) is 12.1. The summed E-state index contributed by atoms with van der Waals surface area (Å²) in [6.07, 6.45) is 5.51. The minimum absolute atomic E-state index is 0.175. The van der Waals surface area contributed by atoms with Gasteiger partial charge < -0.3 is 19.9 Å². The second-order valence-corrected chi connectivity index (χ2v) is 9.09. The zero-order valence-electron chi connectivity index (χ0n) is 20.5. The largest absolute Gasteiger partial charge is 0.497 e. The Bertz CT molecular complexity index is 1440. The molecule has 0 spiro atoms. The molecule has 1 unspecified atom stereocenters. The highest BCUT2D eigenvalue weighted by Crippen LogP contribution is 2.25. The summed E-state index contributed by atoms with van der Waals surface area (Å²) in [7, 11) is 3.34. The van der Waals surface area contributed by atoms with Crippen LogP contribution >= 0.6 is 0 Å². The van der Waals surface area contributed by atoms with Gasteiger partial charge in [-0.25, -0.2) is 0 Å². The maximum Gasteiger partial charge on any atom is 0.249 e. The van der Waals surface area contributed by atoms with E-state index in [1.165, 1.54) is 0 Å². The number of anilines is 1. The Morgan fingerprint density at radius 2 is 1.78 bits per heavy atom. The van der Waals surface area contributed by atoms with Crippen molar-refractivity contribution in [3.63, 3.8) is 0 Å². The smallest absolute Gasteiger partial charge is 0.249 e. The molecule has 2 heterocycles. The van der Waals surface area contributed by atoms with Crippen molar-refractivity contribution in [2.24, 2.45) is 0 Å². The van der Waals surface area contributed by atoms with Crippen LogP contribution in [0.5, 0.6) is 5.75 Å². The lowest BCUT2D eigenvalue weighted by molar-refractivity contribution is -0.127. The van der Waals surface area contributed by atoms with E-state index in [1.54, 1.807) is 19.1 Å². The highest BCUT2D eigenvalue weighted by atomic mass is 16.5. The topological polar surface area (TPSA) is 74.4 Å². The van der Waals surface area contributed by atoms with Crippen LogP contribution in [0.2, 0.25) is 0 Å². The number of amides is 2. The van der Waals surface area contributed by atoms with Gasteiger partial charge in [-0.2, -0.15) is 0 Å². The van der Waals surface area contributed by atoms with Crippen LogP contribution in [-0.2, 0) is 28.9 Å². The molecule has 2 amide bonds. The minimum Gasteiger partial charge on any atom is -0.497 e. The van der Waals surface area contributed by atoms with E-state index in [0.29, 0.717) is 6.42 Å². The number of aromatic nitrogens is 1. The van der Waals surface area contributed by atoms with Crippen molar-refractivity contribution in [2.45, 2.75) is 25.3 Å². The van der Waals surface area contributed by atoms with Crippen molar-refractivity contribution in [3.05, 3.63) is 101 Å². The molecule has 1 aliphatic rings. The predicted octanol–water partition coefficient (Wildman–Crippen LogP) is 4.68. The van der Waals surface area contributed by atoms with Crippen LogP contribution in [0.3, 0.4) is 0 Å². The van der Waals surface area contributed by atoms with Gasteiger partial charge >= 0.3 is 0 Å². The van der Waals surface area contributed by atoms with Gasteiger partial charge in [-0.3, -0.25) is 9.59 Å². The highest BCUT2D eigenvalue weighted by molar-refractivity contribution is 6.00. The summed E-state index contributed by atoms with van der Waals surface area (Å²) in [5.74, 6) is 0.354. The molecule has 0 aliphatic carbocycles. The predicted molar refractivity (Wildman–Crippen MR) is 143 cm³/mol. The number of para-hydroxylation sites is 1. The Hall–Kier alpha value is -4.32. The molecule has 4 aromatic rings. The van der Waals surface area contributed by atoms with Crippen molar-refractivity contribution in [1.82, 2.24) is 10.3 Å². The molecule has 0 saturated heterocycles. The number of hydrogen-bond donors (Lipinski definition) is 2. The number of benzene rings is 3. The average Bonchev–Trinajstić information content (AvgIpc) is 3.24. The van der Waals surface area contributed by atoms with Crippen LogP contribution < -0.4 is 15.0 Å². The van der Waals surface area contributed by atoms with Gasteiger partial charge in [-0.1, -0.05) is 48.5 Å². The molecule has 0 fully saturated rings. The molecule has 5 rings (SSSR count). The Morgan fingerprint density at radius 3 is 2.58 bits per heavy atom. The maximum atomic E-state index is 13.6. The second-order valence-electron chi connectivity index (χ2n) is 9.09. The number of likely N-dealkylation sites (N-methyl/N-ethyl adjacent to an activating group) is 1. The first-order valence-corrected chi connectivity index (χ1v) is 12.1. The van der Waals surface area contributed by atoms with Crippen molar-refractivity contribution in [1.29, 1.82) is 0 Å². The number of aromatic amines is 1. The van der Waals surface area contributed by atoms with Gasteiger partial charge in [0.15, 0.2) is 0 Å². The summed E-state index contributed by atoms with van der Waals surface area (Å²) in [6, 6.07) is 22.8. The number of allylic oxidation sites excluding steroid dienone is 1. The Balaban J connectivity index is 1.50. The highest BCUT2D eigenvalue weighted by Gasteiger charge is 2.26. The number of ether oxygens (including phenoxy) is 1. The van der Waals surface area contributed by atoms with Gasteiger partial charge in [0, 0.05) is 35.8 Å². The molecule has 36 heavy (non-hydrogen) atoms. The third-order valence-electron chi connectivity index (χ3n) is 6.68. The van der Waals surface area contributed by atoms with E-state index in [1.807, 2.05) is 66.7 Å². The summed E-state index contributed by atoms with van der Waals surface area (Å²) >= 11 is 0. The zero-order valence-corrected chi connectivity index (χ0v) is 20.5. The van der Waals surface area contributed by atoms with Gasteiger partial charge in [0.1, 0.15) is 11.8 Å². The first-order chi connectivity index (χ1) is 17.5. The number of nitrogens with zero attached hydrogens (tertiary/aromatic N) is 1. The summed E-state index contributed by atoms with van der Waals surface area (Å²) in [5, 5.41) is 4.05. The molecule has 6 heteroatoms. The van der Waals surface area contributed by atoms with Crippen LogP contribution in [0.25, 0.3) is 17.0 Å². The third-order valence-corrected chi connectivity index (χ3v) is 6.68. The van der Waals surface area contributed by atoms with E-state index in [2.05, 4.69) is 28.5 Å². The Labute approximate surface area is 210 Å². The fourth-order valence-electron chi connectivity index (χ4n) is 4.76. The number of H-pyrrole nitrogens is 1. The number of carbonyl (C=O) groups excluding carboxylic acids is 2. The van der Waals surface area contributed by atoms with Gasteiger partial charge in [-0.05, 0) is 59.5 Å². The molecule has 2 N–H and O–H groups in total. The normalized spacial score (nSPS) is 16.6. The van der Waals surface area contributed by atoms with Crippen molar-refractivity contribution < 1.29 is 14.3 Å². The van der Waals surface area contributed by atoms with E-state index in [4.69, 9.17) is 4.74 Å². The second kappa shape index (κ2) is 10.1. The number of carbonyl (C=O) groups is 2. The van der Waals surface area contributed by atoms with Crippen LogP contribution in [0, 0.1) is 0 Å². The fourth-order valence-corrected chi connectivity index (χ4v) is 4.76. The van der Waals surface area contributed by atoms with Crippen molar-refractivity contribution in [3.8, 4) is 5.75 Å². The monoisotopic (exact) mass is 479 g/mol. The molecule has 3 aromatic carbocycles. The number of hydrogen-bond acceptors (Lipinski definition) is 3. The average molecular weight is 480 g/mol. The lowest BCUT2D eigenvalue weighted by atomic mass is 10.0. The summed E-state index contributed by atoms with van der Waals surface area (Å²) in [4.78, 5) is 32.0. The SMILES string of the molecule is COc1ccc(N(C)C(=O)C2Cc3cccc(c3)C/C=C\c3[nH]c4ccccc4c3CC(=O)N2)cc1. The molecule has 1 aromatic heterocycles. The van der Waals surface area contributed by atoms with Crippen LogP contribution in [0.15, 0.2) is 78.9 Å². The van der Waals surface area contributed by atoms with E-state index < -0.39 is 6.04 Å². The molecule has 182 valence electrons. The summed E-state index contributed by atoms with van der Waals surface area (Å²) in [6.45, 7) is 0. The summed E-state index contributed by atoms with van der Waals surface area (Å²) in [5.41, 5.74) is 5.73. The molecule has 0 radical (unpaired) electrons. The lowest BCUT2D eigenvalue weighted by Crippen LogP contribution is -2.49. The quantitative estimate of drug-likeness (QED) is 0.448. The molecule has 6 nitrogen and oxygen atoms in total. The van der Waals surface area contributed by atoms with E-state index >= 15 is 0 Å². The molecule has 1 aliphatic heterocycles. The van der Waals surface area contributed by atoms with Crippen LogP contribution in [0.1, 0.15) is 22.4 Å². The number of rotatable bonds is 3. The first kappa shape index (κ1) is 23.4. The zero-order chi connectivity index (χ0) is 25.1. The Morgan fingerprint density at radius 1 is 1.00 bits per heavy atom. The van der Waals surface area contributed by atoms with Crippen molar-refractivity contribution >= 4 is 34.5 Å². The number of fused-ring (bicyclic) bond motifs is 5. The van der Waals surface area contributed by atoms with Crippen LogP contribution in [0.4, 0.5) is 5.69 Å². The number of nitrogens with one attached hydrogen (secondary N) is 2. The van der Waals surface area contributed by atoms with E-state index in [9.17, 15) is 9.59 Å². The minimum atomic E-state index is -0.706. The fraction of sp³-hybridized carbons (Fsp3) is 0.200. The molecule has 1 atom stereocenters. The van der Waals surface area contributed by atoms with Crippen molar-refractivity contribution in [2.75, 3.05) is 19.1 Å². The Kier molecular flexibility index (Phi) is 6.58. The molecule has 2 bridgehead atoms. The van der Waals surface area contributed by atoms with E-state index in [-0.39, 0.29) is 18.2 Å². The van der Waals surface area contributed by atoms with Gasteiger partial charge in [-0.15, -0.1) is 0 Å². The molecular formula is C30H29N3O3. The van der Waals surface area contributed by atoms with E-state index in [0.717, 1.165) is 51.1 Å². The standard InChI is InChI=1S/C30H29N3O3/c1-33(22-13-15-23(36-2)16-14-22)30(35)28-18-21-9-5-7-20(17-21)8-6-12-27-25(19-29(34)32-28)24-10-3-4-11-26(24)31-27/h3-7,9-17,28,31H,8,18-19H2,1-2H3,(H,32,34)/b12-6-. The lowest BCUT2D eigenvalue weighted by Gasteiger charge is -2.25. The third kappa shape index (κ3) is 4.89. The number of methoxy groups -OCH3 is 1. The van der Waals surface area contributed by atoms with Gasteiger partial charge in [0.2, 0.25) is 11.8 Å². The van der Waals surface area contributed by atoms with Crippen LogP contribution in [-0.4, -0.2) is 37.0 Å². The van der Waals surface area contributed by atoms with Gasteiger partial charge in [0.25, 0.3) is 0 Å². The maximum absolute atomic E-state index is 13.6.